The Kier molecular flexibility index (Phi) is 2.55. The lowest BCUT2D eigenvalue weighted by Gasteiger charge is -2.07. The van der Waals surface area contributed by atoms with Gasteiger partial charge < -0.3 is 14.4 Å². The molecule has 92 valence electrons. The molecule has 0 spiro atoms. The Balaban J connectivity index is 1.94. The molecule has 0 saturated heterocycles. The van der Waals surface area contributed by atoms with Gasteiger partial charge in [0.15, 0.2) is 5.75 Å². The van der Waals surface area contributed by atoms with E-state index in [9.17, 15) is 9.90 Å². The molecule has 1 N–H and O–H groups in total. The highest BCUT2D eigenvalue weighted by molar-refractivity contribution is 5.34. The zero-order valence-electron chi connectivity index (χ0n) is 9.80. The third-order valence-electron chi connectivity index (χ3n) is 3.11. The normalized spacial score (nSPS) is 13.1. The molecule has 4 nitrogen and oxygen atoms in total. The van der Waals surface area contributed by atoms with Crippen LogP contribution in [0.3, 0.4) is 0 Å². The average molecular weight is 243 g/mol. The molecule has 1 aromatic heterocycles. The van der Waals surface area contributed by atoms with Crippen LogP contribution >= 0.6 is 0 Å². The van der Waals surface area contributed by atoms with E-state index in [1.807, 2.05) is 6.07 Å². The van der Waals surface area contributed by atoms with Gasteiger partial charge in [-0.3, -0.25) is 4.79 Å². The molecular weight excluding hydrogens is 230 g/mol. The smallest absolute Gasteiger partial charge is 0.293 e. The maximum Gasteiger partial charge on any atom is 0.293 e. The van der Waals surface area contributed by atoms with Gasteiger partial charge in [0.1, 0.15) is 5.75 Å². The molecule has 2 heterocycles. The van der Waals surface area contributed by atoms with Crippen molar-refractivity contribution in [3.8, 4) is 11.5 Å². The molecule has 0 bridgehead atoms. The molecule has 0 atom stereocenters. The van der Waals surface area contributed by atoms with Crippen LogP contribution in [0.2, 0.25) is 0 Å². The molecule has 0 amide bonds. The minimum atomic E-state index is -0.0851. The summed E-state index contributed by atoms with van der Waals surface area (Å²) >= 11 is 0. The van der Waals surface area contributed by atoms with Crippen LogP contribution in [0, 0.1) is 0 Å². The maximum absolute atomic E-state index is 12.1. The number of nitrogens with zero attached hydrogens (tertiary/aromatic N) is 1. The number of phenols is 1. The SMILES string of the molecule is O=c1c2c(ccn1Cc1ccc(O)cc1)CCO2. The van der Waals surface area contributed by atoms with E-state index in [0.29, 0.717) is 18.9 Å². The maximum atomic E-state index is 12.1. The lowest BCUT2D eigenvalue weighted by atomic mass is 10.2. The van der Waals surface area contributed by atoms with E-state index in [2.05, 4.69) is 0 Å². The zero-order chi connectivity index (χ0) is 12.5. The second kappa shape index (κ2) is 4.22. The second-order valence-electron chi connectivity index (χ2n) is 4.37. The molecular formula is C14H13NO3. The minimum absolute atomic E-state index is 0.0851. The number of ether oxygens (including phenoxy) is 1. The fourth-order valence-electron chi connectivity index (χ4n) is 2.13. The standard InChI is InChI=1S/C14H13NO3/c16-12-3-1-10(2-4-12)9-15-7-5-11-6-8-18-13(11)14(15)17/h1-5,7,16H,6,8-9H2. The van der Waals surface area contributed by atoms with E-state index in [4.69, 9.17) is 4.74 Å². The fourth-order valence-corrected chi connectivity index (χ4v) is 2.13. The van der Waals surface area contributed by atoms with Gasteiger partial charge in [0, 0.05) is 18.2 Å². The van der Waals surface area contributed by atoms with Crippen LogP contribution in [-0.4, -0.2) is 16.3 Å². The number of fused-ring (bicyclic) bond motifs is 1. The van der Waals surface area contributed by atoms with Crippen molar-refractivity contribution in [3.05, 3.63) is 58.0 Å². The van der Waals surface area contributed by atoms with Crippen molar-refractivity contribution in [1.29, 1.82) is 0 Å². The number of phenolic OH excluding ortho intramolecular Hbond substituents is 1. The monoisotopic (exact) mass is 243 g/mol. The molecule has 0 fully saturated rings. The van der Waals surface area contributed by atoms with Crippen LogP contribution in [0.1, 0.15) is 11.1 Å². The Labute approximate surface area is 104 Å². The minimum Gasteiger partial charge on any atom is -0.508 e. The average Bonchev–Trinajstić information content (AvgIpc) is 2.84. The van der Waals surface area contributed by atoms with Gasteiger partial charge in [-0.05, 0) is 23.8 Å². The van der Waals surface area contributed by atoms with Gasteiger partial charge in [-0.1, -0.05) is 12.1 Å². The Morgan fingerprint density at radius 2 is 2.00 bits per heavy atom. The Morgan fingerprint density at radius 1 is 1.22 bits per heavy atom. The Hall–Kier alpha value is -2.23. The number of hydrogen-bond donors (Lipinski definition) is 1. The quantitative estimate of drug-likeness (QED) is 0.870. The van der Waals surface area contributed by atoms with Crippen molar-refractivity contribution < 1.29 is 9.84 Å². The summed E-state index contributed by atoms with van der Waals surface area (Å²) in [5.74, 6) is 0.708. The summed E-state index contributed by atoms with van der Waals surface area (Å²) in [6.07, 6.45) is 2.60. The van der Waals surface area contributed by atoms with E-state index in [1.165, 1.54) is 0 Å². The van der Waals surface area contributed by atoms with Crippen molar-refractivity contribution in [3.63, 3.8) is 0 Å². The lowest BCUT2D eigenvalue weighted by molar-refractivity contribution is 0.350. The van der Waals surface area contributed by atoms with Crippen LogP contribution in [0.25, 0.3) is 0 Å². The van der Waals surface area contributed by atoms with Crippen molar-refractivity contribution in [2.75, 3.05) is 6.61 Å². The Morgan fingerprint density at radius 3 is 2.78 bits per heavy atom. The highest BCUT2D eigenvalue weighted by Gasteiger charge is 2.17. The van der Waals surface area contributed by atoms with Crippen LogP contribution in [0.5, 0.6) is 11.5 Å². The van der Waals surface area contributed by atoms with Crippen molar-refractivity contribution >= 4 is 0 Å². The molecule has 1 aliphatic rings. The summed E-state index contributed by atoms with van der Waals surface area (Å²) in [4.78, 5) is 12.1. The molecule has 3 rings (SSSR count). The van der Waals surface area contributed by atoms with Gasteiger partial charge in [-0.15, -0.1) is 0 Å². The van der Waals surface area contributed by atoms with E-state index in [-0.39, 0.29) is 11.3 Å². The van der Waals surface area contributed by atoms with E-state index in [0.717, 1.165) is 17.5 Å². The largest absolute Gasteiger partial charge is 0.508 e. The van der Waals surface area contributed by atoms with E-state index in [1.54, 1.807) is 35.0 Å². The number of hydrogen-bond acceptors (Lipinski definition) is 3. The zero-order valence-corrected chi connectivity index (χ0v) is 9.80. The first kappa shape index (κ1) is 10.9. The molecule has 4 heteroatoms. The molecule has 18 heavy (non-hydrogen) atoms. The van der Waals surface area contributed by atoms with Gasteiger partial charge in [0.25, 0.3) is 5.56 Å². The summed E-state index contributed by atoms with van der Waals surface area (Å²) in [6, 6.07) is 8.77. The van der Waals surface area contributed by atoms with E-state index >= 15 is 0 Å². The molecule has 0 saturated carbocycles. The summed E-state index contributed by atoms with van der Waals surface area (Å²) in [5, 5.41) is 9.22. The summed E-state index contributed by atoms with van der Waals surface area (Å²) < 4.78 is 6.97. The van der Waals surface area contributed by atoms with Crippen LogP contribution < -0.4 is 10.3 Å². The predicted octanol–water partition coefficient (Wildman–Crippen LogP) is 1.54. The van der Waals surface area contributed by atoms with Crippen LogP contribution in [0.15, 0.2) is 41.3 Å². The summed E-state index contributed by atoms with van der Waals surface area (Å²) in [5.41, 5.74) is 1.87. The number of rotatable bonds is 2. The van der Waals surface area contributed by atoms with Crippen molar-refractivity contribution in [2.45, 2.75) is 13.0 Å². The number of aromatic nitrogens is 1. The first-order chi connectivity index (χ1) is 8.74. The van der Waals surface area contributed by atoms with Gasteiger partial charge in [-0.2, -0.15) is 0 Å². The predicted molar refractivity (Wildman–Crippen MR) is 67.1 cm³/mol. The molecule has 1 aromatic carbocycles. The first-order valence-corrected chi connectivity index (χ1v) is 5.87. The van der Waals surface area contributed by atoms with Crippen molar-refractivity contribution in [2.24, 2.45) is 0 Å². The number of benzene rings is 1. The molecule has 0 unspecified atom stereocenters. The first-order valence-electron chi connectivity index (χ1n) is 5.87. The van der Waals surface area contributed by atoms with Gasteiger partial charge in [0.2, 0.25) is 0 Å². The summed E-state index contributed by atoms with van der Waals surface area (Å²) in [7, 11) is 0. The third-order valence-corrected chi connectivity index (χ3v) is 3.11. The lowest BCUT2D eigenvalue weighted by Crippen LogP contribution is -2.21. The molecule has 1 aliphatic heterocycles. The summed E-state index contributed by atoms with van der Waals surface area (Å²) in [6.45, 7) is 1.07. The number of pyridine rings is 1. The van der Waals surface area contributed by atoms with Gasteiger partial charge in [-0.25, -0.2) is 0 Å². The van der Waals surface area contributed by atoms with Gasteiger partial charge in [0.05, 0.1) is 13.2 Å². The second-order valence-corrected chi connectivity index (χ2v) is 4.37. The van der Waals surface area contributed by atoms with E-state index < -0.39 is 0 Å². The highest BCUT2D eigenvalue weighted by atomic mass is 16.5. The molecule has 0 radical (unpaired) electrons. The third kappa shape index (κ3) is 1.86. The van der Waals surface area contributed by atoms with Gasteiger partial charge >= 0.3 is 0 Å². The molecule has 2 aromatic rings. The van der Waals surface area contributed by atoms with Crippen molar-refractivity contribution in [1.82, 2.24) is 4.57 Å². The Bertz CT molecular complexity index is 628. The number of aromatic hydroxyl groups is 1. The highest BCUT2D eigenvalue weighted by Crippen LogP contribution is 2.20. The molecule has 0 aliphatic carbocycles. The van der Waals surface area contributed by atoms with Crippen LogP contribution in [-0.2, 0) is 13.0 Å². The fraction of sp³-hybridized carbons (Fsp3) is 0.214. The topological polar surface area (TPSA) is 51.5 Å². The van der Waals surface area contributed by atoms with Crippen LogP contribution in [0.4, 0.5) is 0 Å².